The molecule has 0 unspecified atom stereocenters. The predicted molar refractivity (Wildman–Crippen MR) is 139 cm³/mol. The van der Waals surface area contributed by atoms with E-state index in [1.165, 1.54) is 5.56 Å². The van der Waals surface area contributed by atoms with E-state index in [9.17, 15) is 0 Å². The Morgan fingerprint density at radius 1 is 1.10 bits per heavy atom. The van der Waals surface area contributed by atoms with Gasteiger partial charge in [0.25, 0.3) is 0 Å². The minimum absolute atomic E-state index is 0. The Hall–Kier alpha value is -2.33. The van der Waals surface area contributed by atoms with Crippen LogP contribution in [0.4, 0.5) is 5.82 Å². The number of anilines is 1. The fourth-order valence-electron chi connectivity index (χ4n) is 3.39. The van der Waals surface area contributed by atoms with Gasteiger partial charge in [0.1, 0.15) is 18.2 Å². The van der Waals surface area contributed by atoms with Gasteiger partial charge in [0.05, 0.1) is 0 Å². The van der Waals surface area contributed by atoms with Crippen LogP contribution in [0.5, 0.6) is 5.75 Å². The third-order valence-electron chi connectivity index (χ3n) is 5.12. The molecular weight excluding hydrogens is 503 g/mol. The van der Waals surface area contributed by atoms with E-state index in [-0.39, 0.29) is 24.0 Å². The average Bonchev–Trinajstić information content (AvgIpc) is 2.79. The molecule has 0 amide bonds. The van der Waals surface area contributed by atoms with Gasteiger partial charge in [0.2, 0.25) is 0 Å². The van der Waals surface area contributed by atoms with Crippen molar-refractivity contribution in [1.82, 2.24) is 20.5 Å². The van der Waals surface area contributed by atoms with E-state index in [1.807, 2.05) is 36.5 Å². The summed E-state index contributed by atoms with van der Waals surface area (Å²) < 4.78 is 5.74. The second-order valence-electron chi connectivity index (χ2n) is 7.26. The van der Waals surface area contributed by atoms with E-state index in [1.54, 1.807) is 13.1 Å². The van der Waals surface area contributed by atoms with Gasteiger partial charge in [0.15, 0.2) is 5.96 Å². The third-order valence-corrected chi connectivity index (χ3v) is 5.12. The number of benzene rings is 1. The van der Waals surface area contributed by atoms with E-state index >= 15 is 0 Å². The lowest BCUT2D eigenvalue weighted by Crippen LogP contribution is -2.45. The Bertz CT molecular complexity index is 851. The maximum absolute atomic E-state index is 5.74. The molecule has 1 aromatic carbocycles. The Labute approximate surface area is 202 Å². The normalized spacial score (nSPS) is 14.5. The van der Waals surface area contributed by atoms with Crippen LogP contribution in [-0.2, 0) is 13.1 Å². The van der Waals surface area contributed by atoms with E-state index < -0.39 is 0 Å². The van der Waals surface area contributed by atoms with Crippen LogP contribution in [0.1, 0.15) is 11.1 Å². The van der Waals surface area contributed by atoms with Gasteiger partial charge in [-0.05, 0) is 19.2 Å². The molecule has 7 nitrogen and oxygen atoms in total. The number of para-hydroxylation sites is 1. The Kier molecular flexibility index (Phi) is 10.6. The number of hydrogen-bond donors (Lipinski definition) is 2. The van der Waals surface area contributed by atoms with Crippen molar-refractivity contribution < 1.29 is 4.74 Å². The number of aromatic nitrogens is 1. The number of guanidine groups is 1. The van der Waals surface area contributed by atoms with Crippen molar-refractivity contribution in [2.45, 2.75) is 13.1 Å². The van der Waals surface area contributed by atoms with Crippen LogP contribution < -0.4 is 20.3 Å². The summed E-state index contributed by atoms with van der Waals surface area (Å²) in [6, 6.07) is 12.1. The predicted octanol–water partition coefficient (Wildman–Crippen LogP) is 2.88. The van der Waals surface area contributed by atoms with Crippen LogP contribution in [0, 0.1) is 0 Å². The molecule has 1 aliphatic rings. The van der Waals surface area contributed by atoms with Gasteiger partial charge in [-0.2, -0.15) is 0 Å². The summed E-state index contributed by atoms with van der Waals surface area (Å²) in [6.45, 7) is 9.57. The van der Waals surface area contributed by atoms with Crippen molar-refractivity contribution in [3.63, 3.8) is 0 Å². The maximum atomic E-state index is 5.74. The summed E-state index contributed by atoms with van der Waals surface area (Å²) >= 11 is 0. The molecule has 1 aromatic heterocycles. The lowest BCUT2D eigenvalue weighted by Gasteiger charge is -2.34. The zero-order valence-electron chi connectivity index (χ0n) is 18.4. The van der Waals surface area contributed by atoms with E-state index in [0.717, 1.165) is 49.3 Å². The highest BCUT2D eigenvalue weighted by Gasteiger charge is 2.18. The van der Waals surface area contributed by atoms with Crippen LogP contribution in [-0.4, -0.2) is 62.7 Å². The zero-order chi connectivity index (χ0) is 21.2. The molecule has 1 aliphatic heterocycles. The van der Waals surface area contributed by atoms with Crippen molar-refractivity contribution in [3.8, 4) is 5.75 Å². The second kappa shape index (κ2) is 13.2. The van der Waals surface area contributed by atoms with E-state index in [0.29, 0.717) is 19.7 Å². The Balaban J connectivity index is 0.00000341. The molecule has 2 heterocycles. The molecule has 0 saturated carbocycles. The number of nitrogens with zero attached hydrogens (tertiary/aromatic N) is 4. The van der Waals surface area contributed by atoms with Gasteiger partial charge in [-0.3, -0.25) is 4.99 Å². The molecule has 0 spiro atoms. The molecule has 168 valence electrons. The number of rotatable bonds is 8. The van der Waals surface area contributed by atoms with Crippen LogP contribution >= 0.6 is 24.0 Å². The van der Waals surface area contributed by atoms with Crippen LogP contribution in [0.2, 0.25) is 0 Å². The van der Waals surface area contributed by atoms with Crippen molar-refractivity contribution in [3.05, 3.63) is 66.4 Å². The molecule has 0 bridgehead atoms. The first-order valence-corrected chi connectivity index (χ1v) is 10.3. The Morgan fingerprint density at radius 3 is 2.48 bits per heavy atom. The Morgan fingerprint density at radius 2 is 1.77 bits per heavy atom. The largest absolute Gasteiger partial charge is 0.489 e. The summed E-state index contributed by atoms with van der Waals surface area (Å²) in [5.74, 6) is 2.64. The first-order chi connectivity index (χ1) is 14.7. The molecule has 1 saturated heterocycles. The second-order valence-corrected chi connectivity index (χ2v) is 7.26. The lowest BCUT2D eigenvalue weighted by atomic mass is 10.2. The van der Waals surface area contributed by atoms with Crippen molar-refractivity contribution in [1.29, 1.82) is 0 Å². The molecular formula is C23H33IN6O. The highest BCUT2D eigenvalue weighted by Crippen LogP contribution is 2.19. The van der Waals surface area contributed by atoms with Gasteiger partial charge < -0.3 is 25.2 Å². The molecule has 1 fully saturated rings. The first kappa shape index (κ1) is 24.9. The number of likely N-dealkylation sites (N-methyl/N-ethyl adjacent to an activating group) is 1. The topological polar surface area (TPSA) is 65.0 Å². The zero-order valence-corrected chi connectivity index (χ0v) is 20.7. The number of piperazine rings is 1. The molecule has 3 rings (SSSR count). The van der Waals surface area contributed by atoms with Crippen molar-refractivity contribution >= 4 is 35.8 Å². The first-order valence-electron chi connectivity index (χ1n) is 10.3. The van der Waals surface area contributed by atoms with Crippen LogP contribution in [0.3, 0.4) is 0 Å². The number of aliphatic imine (C=N–C) groups is 1. The van der Waals surface area contributed by atoms with Gasteiger partial charge in [-0.15, -0.1) is 24.0 Å². The molecule has 2 aromatic rings. The summed E-state index contributed by atoms with van der Waals surface area (Å²) in [5, 5.41) is 6.78. The van der Waals surface area contributed by atoms with Crippen molar-refractivity contribution in [2.24, 2.45) is 4.99 Å². The number of nitrogens with one attached hydrogen (secondary N) is 2. The standard InChI is InChI=1S/C23H32N6O.HI/c1-4-16-30-21-10-6-5-8-19(21)17-26-23(24-2)27-18-20-9-7-11-25-22(20)29-14-12-28(3)13-15-29;/h4-11H,1,12-18H2,2-3H3,(H2,24,26,27);1H. The highest BCUT2D eigenvalue weighted by molar-refractivity contribution is 14.0. The summed E-state index contributed by atoms with van der Waals surface area (Å²) in [4.78, 5) is 13.7. The summed E-state index contributed by atoms with van der Waals surface area (Å²) in [6.07, 6.45) is 3.61. The number of ether oxygens (including phenoxy) is 1. The monoisotopic (exact) mass is 536 g/mol. The number of pyridine rings is 1. The fraction of sp³-hybridized carbons (Fsp3) is 0.391. The minimum Gasteiger partial charge on any atom is -0.489 e. The van der Waals surface area contributed by atoms with Crippen molar-refractivity contribution in [2.75, 3.05) is 51.8 Å². The van der Waals surface area contributed by atoms with Gasteiger partial charge >= 0.3 is 0 Å². The van der Waals surface area contributed by atoms with Crippen LogP contribution in [0.25, 0.3) is 0 Å². The smallest absolute Gasteiger partial charge is 0.191 e. The summed E-state index contributed by atoms with van der Waals surface area (Å²) in [7, 11) is 3.94. The van der Waals surface area contributed by atoms with Crippen LogP contribution in [0.15, 0.2) is 60.2 Å². The number of hydrogen-bond acceptors (Lipinski definition) is 5. The summed E-state index contributed by atoms with van der Waals surface area (Å²) in [5.41, 5.74) is 2.24. The minimum atomic E-state index is 0. The van der Waals surface area contributed by atoms with Gasteiger partial charge in [-0.25, -0.2) is 4.98 Å². The quantitative estimate of drug-likeness (QED) is 0.234. The molecule has 0 aliphatic carbocycles. The SMILES string of the molecule is C=CCOc1ccccc1CNC(=NC)NCc1cccnc1N1CCN(C)CC1.I. The van der Waals surface area contributed by atoms with E-state index in [4.69, 9.17) is 4.74 Å². The molecule has 0 atom stereocenters. The van der Waals surface area contributed by atoms with E-state index in [2.05, 4.69) is 50.1 Å². The molecule has 8 heteroatoms. The molecule has 31 heavy (non-hydrogen) atoms. The average molecular weight is 536 g/mol. The third kappa shape index (κ3) is 7.39. The lowest BCUT2D eigenvalue weighted by molar-refractivity contribution is 0.312. The highest BCUT2D eigenvalue weighted by atomic mass is 127. The molecule has 0 radical (unpaired) electrons. The van der Waals surface area contributed by atoms with Gasteiger partial charge in [-0.1, -0.05) is 36.9 Å². The fourth-order valence-corrected chi connectivity index (χ4v) is 3.39. The maximum Gasteiger partial charge on any atom is 0.191 e. The molecule has 2 N–H and O–H groups in total. The van der Waals surface area contributed by atoms with Gasteiger partial charge in [0, 0.05) is 63.6 Å². The number of halogens is 1.